The second-order valence-corrected chi connectivity index (χ2v) is 5.37. The molecule has 0 saturated carbocycles. The summed E-state index contributed by atoms with van der Waals surface area (Å²) < 4.78 is 2.14. The van der Waals surface area contributed by atoms with E-state index in [0.717, 1.165) is 25.1 Å². The van der Waals surface area contributed by atoms with Gasteiger partial charge in [0.1, 0.15) is 0 Å². The maximum atomic E-state index is 5.91. The summed E-state index contributed by atoms with van der Waals surface area (Å²) in [7, 11) is 0. The number of rotatable bonds is 5. The van der Waals surface area contributed by atoms with Gasteiger partial charge < -0.3 is 5.73 Å². The highest BCUT2D eigenvalue weighted by molar-refractivity contribution is 5.32. The number of hydrogen-bond donors (Lipinski definition) is 1. The van der Waals surface area contributed by atoms with Crippen molar-refractivity contribution in [3.05, 3.63) is 51.8 Å². The summed E-state index contributed by atoms with van der Waals surface area (Å²) in [5.74, 6) is 0. The Kier molecular flexibility index (Phi) is 4.61. The molecule has 1 aromatic carbocycles. The van der Waals surface area contributed by atoms with E-state index in [1.807, 2.05) is 0 Å². The highest BCUT2D eigenvalue weighted by Gasteiger charge is 2.14. The van der Waals surface area contributed by atoms with E-state index in [1.54, 1.807) is 0 Å². The summed E-state index contributed by atoms with van der Waals surface area (Å²) in [5, 5.41) is 4.77. The second-order valence-electron chi connectivity index (χ2n) is 5.37. The van der Waals surface area contributed by atoms with Crippen LogP contribution in [0.25, 0.3) is 0 Å². The Bertz CT molecular complexity index is 597. The molecule has 0 aliphatic heterocycles. The predicted octanol–water partition coefficient (Wildman–Crippen LogP) is 3.13. The van der Waals surface area contributed by atoms with Gasteiger partial charge in [0.15, 0.2) is 0 Å². The van der Waals surface area contributed by atoms with Crippen molar-refractivity contribution in [2.45, 2.75) is 53.6 Å². The van der Waals surface area contributed by atoms with Gasteiger partial charge in [-0.2, -0.15) is 5.10 Å². The molecule has 0 unspecified atom stereocenters. The van der Waals surface area contributed by atoms with Crippen molar-refractivity contribution in [3.8, 4) is 0 Å². The maximum absolute atomic E-state index is 5.91. The van der Waals surface area contributed by atoms with E-state index in [-0.39, 0.29) is 0 Å². The van der Waals surface area contributed by atoms with E-state index >= 15 is 0 Å². The maximum Gasteiger partial charge on any atom is 0.0669 e. The molecule has 1 heterocycles. The van der Waals surface area contributed by atoms with Crippen LogP contribution in [0, 0.1) is 13.8 Å². The summed E-state index contributed by atoms with van der Waals surface area (Å²) in [6.45, 7) is 10.0. The summed E-state index contributed by atoms with van der Waals surface area (Å²) in [6, 6.07) is 6.60. The molecule has 0 atom stereocenters. The van der Waals surface area contributed by atoms with Gasteiger partial charge in [-0.3, -0.25) is 4.68 Å². The van der Waals surface area contributed by atoms with Crippen molar-refractivity contribution in [1.82, 2.24) is 9.78 Å². The van der Waals surface area contributed by atoms with E-state index < -0.39 is 0 Å². The second kappa shape index (κ2) is 6.23. The molecule has 0 saturated heterocycles. The predicted molar refractivity (Wildman–Crippen MR) is 83.9 cm³/mol. The minimum absolute atomic E-state index is 0.582. The summed E-state index contributed by atoms with van der Waals surface area (Å²) in [6.07, 6.45) is 1.92. The Morgan fingerprint density at radius 1 is 1.15 bits per heavy atom. The number of nitrogens with two attached hydrogens (primary N) is 1. The minimum atomic E-state index is 0.582. The topological polar surface area (TPSA) is 43.8 Å². The van der Waals surface area contributed by atoms with Crippen LogP contribution in [0.3, 0.4) is 0 Å². The molecule has 20 heavy (non-hydrogen) atoms. The summed E-state index contributed by atoms with van der Waals surface area (Å²) in [4.78, 5) is 0. The first-order valence-corrected chi connectivity index (χ1v) is 7.44. The van der Waals surface area contributed by atoms with Gasteiger partial charge in [0.2, 0.25) is 0 Å². The number of benzene rings is 1. The van der Waals surface area contributed by atoms with Crippen molar-refractivity contribution in [2.75, 3.05) is 0 Å². The lowest BCUT2D eigenvalue weighted by Crippen LogP contribution is -2.09. The zero-order valence-electron chi connectivity index (χ0n) is 13.0. The van der Waals surface area contributed by atoms with E-state index in [1.165, 1.54) is 27.9 Å². The normalized spacial score (nSPS) is 11.1. The average Bonchev–Trinajstić information content (AvgIpc) is 2.79. The van der Waals surface area contributed by atoms with E-state index in [0.29, 0.717) is 6.54 Å². The van der Waals surface area contributed by atoms with Crippen LogP contribution >= 0.6 is 0 Å². The van der Waals surface area contributed by atoms with Gasteiger partial charge >= 0.3 is 0 Å². The summed E-state index contributed by atoms with van der Waals surface area (Å²) in [5.41, 5.74) is 13.5. The largest absolute Gasteiger partial charge is 0.326 e. The number of hydrogen-bond acceptors (Lipinski definition) is 2. The van der Waals surface area contributed by atoms with Crippen molar-refractivity contribution in [3.63, 3.8) is 0 Å². The van der Waals surface area contributed by atoms with E-state index in [2.05, 4.69) is 50.6 Å². The van der Waals surface area contributed by atoms with Gasteiger partial charge in [0, 0.05) is 17.8 Å². The Labute approximate surface area is 121 Å². The Morgan fingerprint density at radius 2 is 1.90 bits per heavy atom. The highest BCUT2D eigenvalue weighted by Crippen LogP contribution is 2.19. The monoisotopic (exact) mass is 271 g/mol. The van der Waals surface area contributed by atoms with E-state index in [4.69, 9.17) is 10.8 Å². The van der Waals surface area contributed by atoms with Gasteiger partial charge in [-0.15, -0.1) is 0 Å². The fraction of sp³-hybridized carbons (Fsp3) is 0.471. The molecule has 0 amide bonds. The van der Waals surface area contributed by atoms with Crippen molar-refractivity contribution in [1.29, 1.82) is 0 Å². The van der Waals surface area contributed by atoms with Crippen molar-refractivity contribution >= 4 is 0 Å². The van der Waals surface area contributed by atoms with Gasteiger partial charge in [0.05, 0.1) is 12.2 Å². The van der Waals surface area contributed by atoms with Gasteiger partial charge in [-0.1, -0.05) is 37.6 Å². The molecule has 3 heteroatoms. The third-order valence-electron chi connectivity index (χ3n) is 3.95. The first-order valence-electron chi connectivity index (χ1n) is 7.44. The third kappa shape index (κ3) is 2.78. The smallest absolute Gasteiger partial charge is 0.0669 e. The van der Waals surface area contributed by atoms with Crippen LogP contribution in [-0.2, 0) is 25.9 Å². The minimum Gasteiger partial charge on any atom is -0.326 e. The molecule has 2 N–H and O–H groups in total. The molecular formula is C17H25N3. The molecule has 2 rings (SSSR count). The Morgan fingerprint density at radius 3 is 2.50 bits per heavy atom. The first kappa shape index (κ1) is 14.8. The zero-order chi connectivity index (χ0) is 14.7. The van der Waals surface area contributed by atoms with Crippen LogP contribution in [0.15, 0.2) is 18.2 Å². The number of aryl methyl sites for hydroxylation is 3. The fourth-order valence-corrected chi connectivity index (χ4v) is 2.77. The van der Waals surface area contributed by atoms with Crippen LogP contribution in [0.2, 0.25) is 0 Å². The van der Waals surface area contributed by atoms with Crippen molar-refractivity contribution < 1.29 is 0 Å². The molecule has 0 fully saturated rings. The Balaban J connectivity index is 2.42. The molecule has 0 spiro atoms. The van der Waals surface area contributed by atoms with Gasteiger partial charge in [-0.05, 0) is 37.8 Å². The van der Waals surface area contributed by atoms with Crippen molar-refractivity contribution in [2.24, 2.45) is 5.73 Å². The van der Waals surface area contributed by atoms with Crippen LogP contribution in [0.1, 0.15) is 47.5 Å². The van der Waals surface area contributed by atoms with Gasteiger partial charge in [0.25, 0.3) is 0 Å². The standard InChI is InChI=1S/C17H25N3/c1-5-16-15(10-18)17(6-2)20(19-16)11-14-9-12(3)7-8-13(14)4/h7-9H,5-6,10-11,18H2,1-4H3. The lowest BCUT2D eigenvalue weighted by molar-refractivity contribution is 0.637. The molecule has 2 aromatic rings. The molecule has 0 aliphatic rings. The van der Waals surface area contributed by atoms with Gasteiger partial charge in [-0.25, -0.2) is 0 Å². The van der Waals surface area contributed by atoms with Crippen LogP contribution in [0.5, 0.6) is 0 Å². The molecule has 108 valence electrons. The molecule has 0 radical (unpaired) electrons. The molecular weight excluding hydrogens is 246 g/mol. The Hall–Kier alpha value is -1.61. The SMILES string of the molecule is CCc1nn(Cc2cc(C)ccc2C)c(CC)c1CN. The highest BCUT2D eigenvalue weighted by atomic mass is 15.3. The summed E-state index contributed by atoms with van der Waals surface area (Å²) >= 11 is 0. The van der Waals surface area contributed by atoms with Crippen LogP contribution in [-0.4, -0.2) is 9.78 Å². The third-order valence-corrected chi connectivity index (χ3v) is 3.95. The molecule has 0 bridgehead atoms. The number of aromatic nitrogens is 2. The quantitative estimate of drug-likeness (QED) is 0.908. The molecule has 1 aromatic heterocycles. The lowest BCUT2D eigenvalue weighted by atomic mass is 10.1. The first-order chi connectivity index (χ1) is 9.60. The molecule has 0 aliphatic carbocycles. The average molecular weight is 271 g/mol. The fourth-order valence-electron chi connectivity index (χ4n) is 2.77. The van der Waals surface area contributed by atoms with Crippen LogP contribution in [0.4, 0.5) is 0 Å². The zero-order valence-corrected chi connectivity index (χ0v) is 13.0. The lowest BCUT2D eigenvalue weighted by Gasteiger charge is -2.10. The van der Waals surface area contributed by atoms with E-state index in [9.17, 15) is 0 Å². The van der Waals surface area contributed by atoms with Crippen LogP contribution < -0.4 is 5.73 Å². The molecule has 3 nitrogen and oxygen atoms in total. The number of nitrogens with zero attached hydrogens (tertiary/aromatic N) is 2.